The van der Waals surface area contributed by atoms with Gasteiger partial charge in [-0.2, -0.15) is 0 Å². The molecule has 1 aromatic heterocycles. The zero-order valence-corrected chi connectivity index (χ0v) is 14.2. The summed E-state index contributed by atoms with van der Waals surface area (Å²) in [5.41, 5.74) is 2.15. The van der Waals surface area contributed by atoms with Crippen LogP contribution in [-0.4, -0.2) is 42.7 Å². The topological polar surface area (TPSA) is 37.4 Å². The maximum Gasteiger partial charge on any atom is 0.122 e. The van der Waals surface area contributed by atoms with E-state index in [1.165, 1.54) is 19.3 Å². The second kappa shape index (κ2) is 9.23. The number of halogens is 1. The summed E-state index contributed by atoms with van der Waals surface area (Å²) in [5, 5.41) is 3.44. The van der Waals surface area contributed by atoms with Crippen molar-refractivity contribution in [1.29, 1.82) is 0 Å². The van der Waals surface area contributed by atoms with Crippen molar-refractivity contribution < 1.29 is 4.74 Å². The minimum absolute atomic E-state index is 0. The molecule has 1 aliphatic heterocycles. The molecule has 1 saturated heterocycles. The number of pyridine rings is 1. The molecule has 1 aromatic rings. The lowest BCUT2D eigenvalue weighted by Crippen LogP contribution is -2.43. The van der Waals surface area contributed by atoms with Gasteiger partial charge < -0.3 is 10.1 Å². The molecule has 2 rings (SSSR count). The Bertz CT molecular complexity index is 422. The highest BCUT2D eigenvalue weighted by Gasteiger charge is 2.21. The van der Waals surface area contributed by atoms with Crippen molar-refractivity contribution in [3.8, 4) is 5.75 Å². The maximum absolute atomic E-state index is 5.35. The van der Waals surface area contributed by atoms with Gasteiger partial charge >= 0.3 is 0 Å². The van der Waals surface area contributed by atoms with E-state index in [1.54, 1.807) is 7.11 Å². The molecule has 1 fully saturated rings. The molecule has 5 heteroatoms. The first-order valence-corrected chi connectivity index (χ1v) is 7.69. The fourth-order valence-corrected chi connectivity index (χ4v) is 2.96. The van der Waals surface area contributed by atoms with E-state index in [2.05, 4.69) is 28.2 Å². The smallest absolute Gasteiger partial charge is 0.122 e. The highest BCUT2D eigenvalue weighted by atomic mass is 35.5. The van der Waals surface area contributed by atoms with Crippen LogP contribution >= 0.6 is 12.4 Å². The van der Waals surface area contributed by atoms with Crippen molar-refractivity contribution in [3.63, 3.8) is 0 Å². The number of hydrogen-bond acceptors (Lipinski definition) is 4. The van der Waals surface area contributed by atoms with E-state index in [1.807, 2.05) is 13.0 Å². The number of hydrogen-bond donors (Lipinski definition) is 1. The molecular weight excluding hydrogens is 286 g/mol. The molecule has 0 unspecified atom stereocenters. The average Bonchev–Trinajstić information content (AvgIpc) is 2.47. The minimum atomic E-state index is 0. The molecule has 2 heterocycles. The summed E-state index contributed by atoms with van der Waals surface area (Å²) in [6.45, 7) is 8.61. The zero-order chi connectivity index (χ0) is 14.4. The monoisotopic (exact) mass is 313 g/mol. The first kappa shape index (κ1) is 18.2. The van der Waals surface area contributed by atoms with E-state index in [0.29, 0.717) is 6.04 Å². The Hall–Kier alpha value is -0.840. The molecule has 0 aliphatic carbocycles. The first-order valence-electron chi connectivity index (χ1n) is 7.69. The van der Waals surface area contributed by atoms with Crippen molar-refractivity contribution in [2.75, 3.05) is 26.7 Å². The zero-order valence-electron chi connectivity index (χ0n) is 13.4. The van der Waals surface area contributed by atoms with Crippen LogP contribution in [0.5, 0.6) is 5.75 Å². The molecule has 0 saturated carbocycles. The standard InChI is InChI=1S/C16H27N3O.ClH/c1-4-9-19(15-5-7-17-8-6-15)12-14-11-16(20-3)10-13(2)18-14;/h10-11,15,17H,4-9,12H2,1-3H3;1H. The van der Waals surface area contributed by atoms with Gasteiger partial charge in [0.15, 0.2) is 0 Å². The lowest BCUT2D eigenvalue weighted by atomic mass is 10.0. The van der Waals surface area contributed by atoms with E-state index in [9.17, 15) is 0 Å². The van der Waals surface area contributed by atoms with Crippen molar-refractivity contribution in [1.82, 2.24) is 15.2 Å². The highest BCUT2D eigenvalue weighted by Crippen LogP contribution is 2.19. The Labute approximate surface area is 134 Å². The number of nitrogens with one attached hydrogen (secondary N) is 1. The third kappa shape index (κ3) is 5.46. The van der Waals surface area contributed by atoms with Gasteiger partial charge in [0.05, 0.1) is 12.8 Å². The van der Waals surface area contributed by atoms with E-state index < -0.39 is 0 Å². The number of aromatic nitrogens is 1. The van der Waals surface area contributed by atoms with Crippen molar-refractivity contribution in [3.05, 3.63) is 23.5 Å². The van der Waals surface area contributed by atoms with E-state index in [0.717, 1.165) is 43.3 Å². The van der Waals surface area contributed by atoms with E-state index in [-0.39, 0.29) is 12.4 Å². The Morgan fingerprint density at radius 3 is 2.67 bits per heavy atom. The molecular formula is C16H28ClN3O. The Kier molecular flexibility index (Phi) is 8.01. The molecule has 0 aromatic carbocycles. The number of methoxy groups -OCH3 is 1. The van der Waals surface area contributed by atoms with Gasteiger partial charge in [-0.15, -0.1) is 12.4 Å². The first-order chi connectivity index (χ1) is 9.72. The number of piperidine rings is 1. The third-order valence-corrected chi connectivity index (χ3v) is 3.92. The number of nitrogens with zero attached hydrogens (tertiary/aromatic N) is 2. The Morgan fingerprint density at radius 2 is 2.05 bits per heavy atom. The molecule has 0 radical (unpaired) electrons. The summed E-state index contributed by atoms with van der Waals surface area (Å²) in [6.07, 6.45) is 3.67. The Morgan fingerprint density at radius 1 is 1.33 bits per heavy atom. The van der Waals surface area contributed by atoms with E-state index >= 15 is 0 Å². The summed E-state index contributed by atoms with van der Waals surface area (Å²) in [7, 11) is 1.72. The average molecular weight is 314 g/mol. The normalized spacial score (nSPS) is 15.8. The molecule has 0 atom stereocenters. The van der Waals surface area contributed by atoms with Crippen LogP contribution in [0, 0.1) is 6.92 Å². The predicted octanol–water partition coefficient (Wildman–Crippen LogP) is 2.78. The van der Waals surface area contributed by atoms with Crippen LogP contribution in [0.4, 0.5) is 0 Å². The molecule has 0 spiro atoms. The van der Waals surface area contributed by atoms with Crippen LogP contribution in [0.3, 0.4) is 0 Å². The fraction of sp³-hybridized carbons (Fsp3) is 0.688. The van der Waals surface area contributed by atoms with Gasteiger partial charge in [0, 0.05) is 30.4 Å². The van der Waals surface area contributed by atoms with Crippen LogP contribution in [0.1, 0.15) is 37.6 Å². The van der Waals surface area contributed by atoms with Crippen molar-refractivity contribution >= 4 is 12.4 Å². The summed E-state index contributed by atoms with van der Waals surface area (Å²) < 4.78 is 5.35. The molecule has 0 amide bonds. The van der Waals surface area contributed by atoms with Gasteiger partial charge in [0.2, 0.25) is 0 Å². The summed E-state index contributed by atoms with van der Waals surface area (Å²) in [5.74, 6) is 0.911. The van der Waals surface area contributed by atoms with Gasteiger partial charge in [0.25, 0.3) is 0 Å². The minimum Gasteiger partial charge on any atom is -0.497 e. The number of aryl methyl sites for hydroxylation is 1. The number of rotatable bonds is 6. The molecule has 0 bridgehead atoms. The van der Waals surface area contributed by atoms with Gasteiger partial charge in [-0.05, 0) is 45.8 Å². The maximum atomic E-state index is 5.35. The third-order valence-electron chi connectivity index (χ3n) is 3.92. The molecule has 1 aliphatic rings. The van der Waals surface area contributed by atoms with Crippen LogP contribution in [0.15, 0.2) is 12.1 Å². The van der Waals surface area contributed by atoms with Crippen LogP contribution in [0.25, 0.3) is 0 Å². The molecule has 21 heavy (non-hydrogen) atoms. The molecule has 4 nitrogen and oxygen atoms in total. The molecule has 120 valence electrons. The van der Waals surface area contributed by atoms with Crippen molar-refractivity contribution in [2.24, 2.45) is 0 Å². The van der Waals surface area contributed by atoms with Gasteiger partial charge in [0.1, 0.15) is 5.75 Å². The largest absolute Gasteiger partial charge is 0.497 e. The summed E-state index contributed by atoms with van der Waals surface area (Å²) in [6, 6.07) is 4.74. The predicted molar refractivity (Wildman–Crippen MR) is 89.4 cm³/mol. The SMILES string of the molecule is CCCN(Cc1cc(OC)cc(C)n1)C1CCNCC1.Cl. The number of ether oxygens (including phenoxy) is 1. The van der Waals surface area contributed by atoms with Gasteiger partial charge in [-0.1, -0.05) is 6.92 Å². The Balaban J connectivity index is 0.00000220. The quantitative estimate of drug-likeness (QED) is 0.876. The van der Waals surface area contributed by atoms with Crippen LogP contribution in [0.2, 0.25) is 0 Å². The summed E-state index contributed by atoms with van der Waals surface area (Å²) >= 11 is 0. The van der Waals surface area contributed by atoms with Crippen LogP contribution < -0.4 is 10.1 Å². The van der Waals surface area contributed by atoms with Crippen LogP contribution in [-0.2, 0) is 6.54 Å². The van der Waals surface area contributed by atoms with Gasteiger partial charge in [-0.3, -0.25) is 9.88 Å². The second-order valence-electron chi connectivity index (χ2n) is 5.59. The summed E-state index contributed by atoms with van der Waals surface area (Å²) in [4.78, 5) is 7.25. The van der Waals surface area contributed by atoms with E-state index in [4.69, 9.17) is 4.74 Å². The van der Waals surface area contributed by atoms with Crippen molar-refractivity contribution in [2.45, 2.75) is 45.7 Å². The lowest BCUT2D eigenvalue weighted by Gasteiger charge is -2.34. The fourth-order valence-electron chi connectivity index (χ4n) is 2.96. The highest BCUT2D eigenvalue weighted by molar-refractivity contribution is 5.85. The lowest BCUT2D eigenvalue weighted by molar-refractivity contribution is 0.152. The van der Waals surface area contributed by atoms with Gasteiger partial charge in [-0.25, -0.2) is 0 Å². The second-order valence-corrected chi connectivity index (χ2v) is 5.59. The molecule has 1 N–H and O–H groups in total.